The molecule has 0 fully saturated rings. The molecule has 0 heterocycles. The molecule has 0 atom stereocenters. The Morgan fingerprint density at radius 2 is 1.56 bits per heavy atom. The van der Waals surface area contributed by atoms with Crippen LogP contribution in [0, 0.1) is 6.92 Å². The second-order valence-electron chi connectivity index (χ2n) is 6.42. The number of nitrogens with one attached hydrogen (secondary N) is 1. The van der Waals surface area contributed by atoms with E-state index in [0.717, 1.165) is 29.7 Å². The van der Waals surface area contributed by atoms with Gasteiger partial charge in [0.15, 0.2) is 0 Å². The molecule has 0 unspecified atom stereocenters. The van der Waals surface area contributed by atoms with Gasteiger partial charge in [-0.3, -0.25) is 0 Å². The normalized spacial score (nSPS) is 10.6. The molecule has 2 N–H and O–H groups in total. The Hall–Kier alpha value is -2.49. The van der Waals surface area contributed by atoms with Gasteiger partial charge < -0.3 is 10.4 Å². The van der Waals surface area contributed by atoms with E-state index in [2.05, 4.69) is 5.32 Å². The topological polar surface area (TPSA) is 49.3 Å². The number of anilines is 2. The molecule has 0 radical (unpaired) electrons. The third-order valence-corrected chi connectivity index (χ3v) is 5.06. The Labute approximate surface area is 168 Å². The maximum atomic E-state index is 11.4. The van der Waals surface area contributed by atoms with E-state index in [0.29, 0.717) is 15.7 Å². The predicted molar refractivity (Wildman–Crippen MR) is 112 cm³/mol. The van der Waals surface area contributed by atoms with Crippen LogP contribution in [-0.4, -0.2) is 11.1 Å². The third kappa shape index (κ3) is 5.03. The molecule has 0 aliphatic rings. The van der Waals surface area contributed by atoms with Crippen LogP contribution in [0.4, 0.5) is 11.4 Å². The van der Waals surface area contributed by atoms with E-state index in [4.69, 9.17) is 23.2 Å². The van der Waals surface area contributed by atoms with E-state index in [1.54, 1.807) is 12.1 Å². The van der Waals surface area contributed by atoms with Crippen molar-refractivity contribution in [1.29, 1.82) is 0 Å². The van der Waals surface area contributed by atoms with Crippen LogP contribution >= 0.6 is 23.2 Å². The number of carboxylic acid groups (broad SMARTS) is 1. The highest BCUT2D eigenvalue weighted by atomic mass is 35.5. The Bertz CT molecular complexity index is 969. The highest BCUT2D eigenvalue weighted by Crippen LogP contribution is 2.25. The molecule has 3 aromatic rings. The number of halogens is 2. The fraction of sp³-hybridized carbons (Fsp3) is 0.136. The molecule has 27 heavy (non-hydrogen) atoms. The Morgan fingerprint density at radius 3 is 2.22 bits per heavy atom. The molecule has 3 aromatic carbocycles. The van der Waals surface area contributed by atoms with Crippen LogP contribution in [0.3, 0.4) is 0 Å². The van der Waals surface area contributed by atoms with Crippen molar-refractivity contribution >= 4 is 40.5 Å². The Morgan fingerprint density at radius 1 is 0.889 bits per heavy atom. The summed E-state index contributed by atoms with van der Waals surface area (Å²) in [6.45, 7) is 1.87. The molecule has 0 saturated carbocycles. The second kappa shape index (κ2) is 8.47. The third-order valence-electron chi connectivity index (χ3n) is 4.32. The van der Waals surface area contributed by atoms with Gasteiger partial charge in [-0.1, -0.05) is 53.0 Å². The zero-order chi connectivity index (χ0) is 19.4. The molecule has 0 amide bonds. The van der Waals surface area contributed by atoms with E-state index >= 15 is 0 Å². The van der Waals surface area contributed by atoms with Gasteiger partial charge in [0, 0.05) is 5.69 Å². The molecule has 3 rings (SSSR count). The van der Waals surface area contributed by atoms with Crippen molar-refractivity contribution in [2.45, 2.75) is 19.8 Å². The molecule has 0 aliphatic carbocycles. The number of benzene rings is 3. The fourth-order valence-electron chi connectivity index (χ4n) is 2.84. The first kappa shape index (κ1) is 19.3. The van der Waals surface area contributed by atoms with Crippen LogP contribution in [0.2, 0.25) is 10.0 Å². The summed E-state index contributed by atoms with van der Waals surface area (Å²) >= 11 is 12.0. The number of hydrogen-bond acceptors (Lipinski definition) is 2. The second-order valence-corrected chi connectivity index (χ2v) is 7.24. The summed E-state index contributed by atoms with van der Waals surface area (Å²) in [6, 6.07) is 19.0. The molecule has 0 aliphatic heterocycles. The highest BCUT2D eigenvalue weighted by Gasteiger charge is 2.10. The van der Waals surface area contributed by atoms with Gasteiger partial charge in [-0.2, -0.15) is 0 Å². The maximum Gasteiger partial charge on any atom is 0.337 e. The van der Waals surface area contributed by atoms with Crippen LogP contribution in [0.1, 0.15) is 27.0 Å². The molecule has 5 heteroatoms. The molecule has 0 saturated heterocycles. The maximum absolute atomic E-state index is 11.4. The summed E-state index contributed by atoms with van der Waals surface area (Å²) in [7, 11) is 0. The van der Waals surface area contributed by atoms with Crippen molar-refractivity contribution in [3.8, 4) is 0 Å². The zero-order valence-electron chi connectivity index (χ0n) is 14.8. The summed E-state index contributed by atoms with van der Waals surface area (Å²) < 4.78 is 0. The lowest BCUT2D eigenvalue weighted by Crippen LogP contribution is -2.03. The minimum absolute atomic E-state index is 0.263. The number of carbonyl (C=O) groups is 1. The standard InChI is InChI=1S/C22H19Cl2NO2/c1-14-2-11-21(18(12-14)22(26)27)25-17-8-5-15(6-9-17)3-4-16-7-10-19(23)20(24)13-16/h2,5-13,25H,3-4H2,1H3,(H,26,27). The van der Waals surface area contributed by atoms with Crippen LogP contribution in [0.5, 0.6) is 0 Å². The Balaban J connectivity index is 1.67. The van der Waals surface area contributed by atoms with E-state index < -0.39 is 5.97 Å². The van der Waals surface area contributed by atoms with Gasteiger partial charge in [0.1, 0.15) is 0 Å². The van der Waals surface area contributed by atoms with Gasteiger partial charge in [-0.05, 0) is 67.3 Å². The summed E-state index contributed by atoms with van der Waals surface area (Å²) in [4.78, 5) is 11.4. The molecule has 0 spiro atoms. The van der Waals surface area contributed by atoms with Crippen molar-refractivity contribution < 1.29 is 9.90 Å². The van der Waals surface area contributed by atoms with Crippen LogP contribution in [0.25, 0.3) is 0 Å². The highest BCUT2D eigenvalue weighted by molar-refractivity contribution is 6.42. The minimum Gasteiger partial charge on any atom is -0.478 e. The number of rotatable bonds is 6. The van der Waals surface area contributed by atoms with Gasteiger partial charge in [0.25, 0.3) is 0 Å². The van der Waals surface area contributed by atoms with E-state index in [1.807, 2.05) is 55.5 Å². The van der Waals surface area contributed by atoms with Crippen molar-refractivity contribution in [3.05, 3.63) is 93.0 Å². The smallest absolute Gasteiger partial charge is 0.337 e. The summed E-state index contributed by atoms with van der Waals surface area (Å²) in [5, 5.41) is 13.7. The largest absolute Gasteiger partial charge is 0.478 e. The molecule has 3 nitrogen and oxygen atoms in total. The molecule has 0 aromatic heterocycles. The average Bonchev–Trinajstić information content (AvgIpc) is 2.65. The summed E-state index contributed by atoms with van der Waals surface area (Å²) in [5.74, 6) is -0.945. The zero-order valence-corrected chi connectivity index (χ0v) is 16.3. The summed E-state index contributed by atoms with van der Waals surface area (Å²) in [5.41, 5.74) is 4.93. The lowest BCUT2D eigenvalue weighted by molar-refractivity contribution is 0.0698. The number of aromatic carboxylic acids is 1. The van der Waals surface area contributed by atoms with Crippen LogP contribution in [-0.2, 0) is 12.8 Å². The average molecular weight is 400 g/mol. The predicted octanol–water partition coefficient (Wildman–Crippen LogP) is 6.53. The fourth-order valence-corrected chi connectivity index (χ4v) is 3.16. The first-order chi connectivity index (χ1) is 12.9. The van der Waals surface area contributed by atoms with Gasteiger partial charge in [-0.15, -0.1) is 0 Å². The number of aryl methyl sites for hydroxylation is 3. The number of hydrogen-bond donors (Lipinski definition) is 2. The van der Waals surface area contributed by atoms with Gasteiger partial charge in [-0.25, -0.2) is 4.79 Å². The summed E-state index contributed by atoms with van der Waals surface area (Å²) in [6.07, 6.45) is 1.74. The van der Waals surface area contributed by atoms with E-state index in [9.17, 15) is 9.90 Å². The Kier molecular flexibility index (Phi) is 6.04. The lowest BCUT2D eigenvalue weighted by Gasteiger charge is -2.11. The van der Waals surface area contributed by atoms with Crippen molar-refractivity contribution in [2.75, 3.05) is 5.32 Å². The molecular weight excluding hydrogens is 381 g/mol. The van der Waals surface area contributed by atoms with Crippen molar-refractivity contribution in [1.82, 2.24) is 0 Å². The lowest BCUT2D eigenvalue weighted by atomic mass is 10.0. The minimum atomic E-state index is -0.945. The van der Waals surface area contributed by atoms with Crippen molar-refractivity contribution in [3.63, 3.8) is 0 Å². The monoisotopic (exact) mass is 399 g/mol. The van der Waals surface area contributed by atoms with Gasteiger partial charge in [0.05, 0.1) is 21.3 Å². The van der Waals surface area contributed by atoms with Gasteiger partial charge >= 0.3 is 5.97 Å². The van der Waals surface area contributed by atoms with E-state index in [-0.39, 0.29) is 5.56 Å². The SMILES string of the molecule is Cc1ccc(Nc2ccc(CCc3ccc(Cl)c(Cl)c3)cc2)c(C(=O)O)c1. The number of carboxylic acids is 1. The van der Waals surface area contributed by atoms with E-state index in [1.165, 1.54) is 5.56 Å². The van der Waals surface area contributed by atoms with Crippen LogP contribution < -0.4 is 5.32 Å². The van der Waals surface area contributed by atoms with Crippen molar-refractivity contribution in [2.24, 2.45) is 0 Å². The molecular formula is C22H19Cl2NO2. The van der Waals surface area contributed by atoms with Crippen LogP contribution in [0.15, 0.2) is 60.7 Å². The first-order valence-electron chi connectivity index (χ1n) is 8.56. The first-order valence-corrected chi connectivity index (χ1v) is 9.32. The molecule has 138 valence electrons. The molecule has 0 bridgehead atoms. The van der Waals surface area contributed by atoms with Gasteiger partial charge in [0.2, 0.25) is 0 Å². The quantitative estimate of drug-likeness (QED) is 0.495.